The topological polar surface area (TPSA) is 87.7 Å². The number of methoxy groups -OCH3 is 2. The zero-order valence-corrected chi connectivity index (χ0v) is 9.93. The highest BCUT2D eigenvalue weighted by Gasteiger charge is 2.06. The van der Waals surface area contributed by atoms with Crippen molar-refractivity contribution >= 4 is 17.6 Å². The maximum atomic E-state index is 11.4. The van der Waals surface area contributed by atoms with Crippen LogP contribution in [0.5, 0.6) is 11.5 Å². The molecule has 0 fully saturated rings. The van der Waals surface area contributed by atoms with Crippen LogP contribution in [-0.4, -0.2) is 26.1 Å². The van der Waals surface area contributed by atoms with E-state index in [1.807, 2.05) is 0 Å². The average Bonchev–Trinajstić information content (AvgIpc) is 2.36. The van der Waals surface area contributed by atoms with Crippen molar-refractivity contribution in [3.8, 4) is 11.5 Å². The van der Waals surface area contributed by atoms with Gasteiger partial charge in [-0.25, -0.2) is 0 Å². The average molecular weight is 250 g/mol. The number of hydrogen-bond acceptors (Lipinski definition) is 5. The van der Waals surface area contributed by atoms with Crippen LogP contribution in [0.3, 0.4) is 0 Å². The van der Waals surface area contributed by atoms with Crippen LogP contribution in [0, 0.1) is 0 Å². The zero-order chi connectivity index (χ0) is 13.5. The first kappa shape index (κ1) is 13.6. The summed E-state index contributed by atoms with van der Waals surface area (Å²) in [6.45, 7) is 0. The van der Waals surface area contributed by atoms with Crippen LogP contribution in [0.1, 0.15) is 0 Å². The number of carboxylic acids is 1. The molecule has 0 unspecified atom stereocenters. The number of hydrogen-bond donors (Lipinski definition) is 1. The monoisotopic (exact) mass is 250 g/mol. The van der Waals surface area contributed by atoms with Crippen molar-refractivity contribution in [2.24, 2.45) is 0 Å². The molecule has 0 heterocycles. The largest absolute Gasteiger partial charge is 0.545 e. The summed E-state index contributed by atoms with van der Waals surface area (Å²) in [6, 6.07) is 4.82. The van der Waals surface area contributed by atoms with Crippen LogP contribution >= 0.6 is 0 Å². The molecular formula is C12H12NO5-. The number of ether oxygens (including phenoxy) is 2. The molecule has 0 saturated heterocycles. The molecule has 1 aromatic rings. The Hall–Kier alpha value is -2.50. The Labute approximate surface area is 104 Å². The van der Waals surface area contributed by atoms with Crippen LogP contribution in [0.2, 0.25) is 0 Å². The number of rotatable bonds is 5. The lowest BCUT2D eigenvalue weighted by atomic mass is 10.2. The molecule has 6 heteroatoms. The second-order valence-corrected chi connectivity index (χ2v) is 3.21. The predicted octanol–water partition coefficient (Wildman–Crippen LogP) is -0.0516. The molecule has 0 aliphatic heterocycles. The number of benzene rings is 1. The van der Waals surface area contributed by atoms with Gasteiger partial charge in [0.25, 0.3) is 0 Å². The van der Waals surface area contributed by atoms with Crippen LogP contribution in [0.25, 0.3) is 0 Å². The fraction of sp³-hybridized carbons (Fsp3) is 0.167. The first-order valence-corrected chi connectivity index (χ1v) is 4.99. The van der Waals surface area contributed by atoms with Crippen LogP contribution in [0.15, 0.2) is 30.4 Å². The maximum Gasteiger partial charge on any atom is 0.248 e. The van der Waals surface area contributed by atoms with Gasteiger partial charge in [0, 0.05) is 12.1 Å². The zero-order valence-electron chi connectivity index (χ0n) is 9.93. The van der Waals surface area contributed by atoms with Crippen molar-refractivity contribution in [3.63, 3.8) is 0 Å². The number of carbonyl (C=O) groups excluding carboxylic acids is 2. The highest BCUT2D eigenvalue weighted by Crippen LogP contribution is 2.28. The van der Waals surface area contributed by atoms with Gasteiger partial charge in [-0.15, -0.1) is 0 Å². The number of carbonyl (C=O) groups is 2. The van der Waals surface area contributed by atoms with E-state index in [1.165, 1.54) is 14.2 Å². The molecule has 0 aliphatic rings. The lowest BCUT2D eigenvalue weighted by Gasteiger charge is -2.10. The Balaban J connectivity index is 2.84. The second-order valence-electron chi connectivity index (χ2n) is 3.21. The summed E-state index contributed by atoms with van der Waals surface area (Å²) >= 11 is 0. The molecule has 18 heavy (non-hydrogen) atoms. The summed E-state index contributed by atoms with van der Waals surface area (Å²) in [4.78, 5) is 21.5. The van der Waals surface area contributed by atoms with Gasteiger partial charge in [-0.2, -0.15) is 0 Å². The lowest BCUT2D eigenvalue weighted by Crippen LogP contribution is -2.20. The van der Waals surface area contributed by atoms with E-state index in [-0.39, 0.29) is 0 Å². The molecule has 1 aromatic carbocycles. The predicted molar refractivity (Wildman–Crippen MR) is 62.3 cm³/mol. The van der Waals surface area contributed by atoms with E-state index in [1.54, 1.807) is 18.2 Å². The molecule has 0 saturated carbocycles. The third kappa shape index (κ3) is 3.82. The third-order valence-corrected chi connectivity index (χ3v) is 2.04. The Bertz CT molecular complexity index is 481. The van der Waals surface area contributed by atoms with Crippen molar-refractivity contribution in [3.05, 3.63) is 30.4 Å². The molecule has 1 rings (SSSR count). The van der Waals surface area contributed by atoms with Gasteiger partial charge >= 0.3 is 0 Å². The van der Waals surface area contributed by atoms with Crippen molar-refractivity contribution in [2.45, 2.75) is 0 Å². The van der Waals surface area contributed by atoms with Crippen LogP contribution in [-0.2, 0) is 9.59 Å². The molecule has 0 aliphatic carbocycles. The molecule has 0 aromatic heterocycles. The van der Waals surface area contributed by atoms with Crippen molar-refractivity contribution in [2.75, 3.05) is 19.5 Å². The molecule has 96 valence electrons. The Morgan fingerprint density at radius 1 is 1.22 bits per heavy atom. The molecule has 0 bridgehead atoms. The second kappa shape index (κ2) is 6.29. The SMILES string of the molecule is COc1ccc(NC(=O)/C=C\C(=O)[O-])c(OC)c1. The van der Waals surface area contributed by atoms with Gasteiger partial charge in [-0.05, 0) is 18.2 Å². The first-order valence-electron chi connectivity index (χ1n) is 4.99. The fourth-order valence-electron chi connectivity index (χ4n) is 1.22. The van der Waals surface area contributed by atoms with Crippen molar-refractivity contribution in [1.29, 1.82) is 0 Å². The molecular weight excluding hydrogens is 238 g/mol. The summed E-state index contributed by atoms with van der Waals surface area (Å²) < 4.78 is 10.1. The number of anilines is 1. The van der Waals surface area contributed by atoms with E-state index < -0.39 is 11.9 Å². The lowest BCUT2D eigenvalue weighted by molar-refractivity contribution is -0.297. The van der Waals surface area contributed by atoms with Gasteiger partial charge in [0.1, 0.15) is 11.5 Å². The quantitative estimate of drug-likeness (QED) is 0.740. The normalized spacial score (nSPS) is 10.1. The van der Waals surface area contributed by atoms with E-state index >= 15 is 0 Å². The standard InChI is InChI=1S/C12H13NO5/c1-17-8-3-4-9(10(7-8)18-2)13-11(14)5-6-12(15)16/h3-7H,1-2H3,(H,13,14)(H,15,16)/p-1/b6-5-. The Morgan fingerprint density at radius 3 is 2.50 bits per heavy atom. The first-order chi connectivity index (χ1) is 8.56. The van der Waals surface area contributed by atoms with Gasteiger partial charge < -0.3 is 24.7 Å². The molecule has 0 radical (unpaired) electrons. The molecule has 6 nitrogen and oxygen atoms in total. The minimum absolute atomic E-state index is 0.407. The van der Waals surface area contributed by atoms with Crippen LogP contribution in [0.4, 0.5) is 5.69 Å². The number of nitrogens with one attached hydrogen (secondary N) is 1. The minimum Gasteiger partial charge on any atom is -0.545 e. The summed E-state index contributed by atoms with van der Waals surface area (Å²) in [7, 11) is 2.96. The van der Waals surface area contributed by atoms with Gasteiger partial charge in [0.2, 0.25) is 5.91 Å². The fourth-order valence-corrected chi connectivity index (χ4v) is 1.22. The highest BCUT2D eigenvalue weighted by atomic mass is 16.5. The number of carboxylic acid groups (broad SMARTS) is 1. The van der Waals surface area contributed by atoms with Gasteiger partial charge in [-0.1, -0.05) is 0 Å². The van der Waals surface area contributed by atoms with E-state index in [0.717, 1.165) is 6.08 Å². The smallest absolute Gasteiger partial charge is 0.248 e. The summed E-state index contributed by atoms with van der Waals surface area (Å²) in [5.41, 5.74) is 0.409. The Kier molecular flexibility index (Phi) is 4.74. The van der Waals surface area contributed by atoms with Crippen molar-refractivity contribution < 1.29 is 24.2 Å². The molecule has 1 amide bonds. The number of aliphatic carboxylic acids is 1. The van der Waals surface area contributed by atoms with Gasteiger partial charge in [0.15, 0.2) is 0 Å². The van der Waals surface area contributed by atoms with E-state index in [9.17, 15) is 14.7 Å². The maximum absolute atomic E-state index is 11.4. The molecule has 0 atom stereocenters. The summed E-state index contributed by atoms with van der Waals surface area (Å²) in [5, 5.41) is 12.6. The summed E-state index contributed by atoms with van der Waals surface area (Å²) in [6.07, 6.45) is 1.50. The third-order valence-electron chi connectivity index (χ3n) is 2.04. The molecule has 0 spiro atoms. The van der Waals surface area contributed by atoms with E-state index in [2.05, 4.69) is 5.32 Å². The molecule has 1 N–H and O–H groups in total. The summed E-state index contributed by atoms with van der Waals surface area (Å²) in [5.74, 6) is -1.05. The minimum atomic E-state index is -1.44. The van der Waals surface area contributed by atoms with E-state index in [4.69, 9.17) is 9.47 Å². The highest BCUT2D eigenvalue weighted by molar-refractivity contribution is 6.02. The Morgan fingerprint density at radius 2 is 1.94 bits per heavy atom. The van der Waals surface area contributed by atoms with Crippen molar-refractivity contribution in [1.82, 2.24) is 0 Å². The number of amides is 1. The van der Waals surface area contributed by atoms with Gasteiger partial charge in [0.05, 0.1) is 25.9 Å². The van der Waals surface area contributed by atoms with E-state index in [0.29, 0.717) is 23.3 Å². The van der Waals surface area contributed by atoms with Crippen LogP contribution < -0.4 is 19.9 Å². The van der Waals surface area contributed by atoms with Gasteiger partial charge in [-0.3, -0.25) is 4.79 Å².